The van der Waals surface area contributed by atoms with Crippen LogP contribution in [0.2, 0.25) is 0 Å². The van der Waals surface area contributed by atoms with Gasteiger partial charge in [-0.1, -0.05) is 0 Å². The Morgan fingerprint density at radius 1 is 1.55 bits per heavy atom. The number of alkyl halides is 3. The van der Waals surface area contributed by atoms with Crippen molar-refractivity contribution >= 4 is 15.9 Å². The SMILES string of the molecule is Cc1nc(Br)cn1C(F)(F)F. The Labute approximate surface area is 69.2 Å². The molecule has 0 amide bonds. The minimum atomic E-state index is -4.37. The first-order chi connectivity index (χ1) is 4.91. The van der Waals surface area contributed by atoms with Gasteiger partial charge < -0.3 is 0 Å². The van der Waals surface area contributed by atoms with E-state index in [1.54, 1.807) is 0 Å². The molecule has 0 fully saturated rings. The summed E-state index contributed by atoms with van der Waals surface area (Å²) >= 11 is 2.84. The zero-order valence-corrected chi connectivity index (χ0v) is 7.07. The normalized spacial score (nSPS) is 12.1. The number of halogens is 4. The van der Waals surface area contributed by atoms with Crippen LogP contribution in [0.3, 0.4) is 0 Å². The van der Waals surface area contributed by atoms with E-state index in [1.165, 1.54) is 6.92 Å². The summed E-state index contributed by atoms with van der Waals surface area (Å²) in [5, 5.41) is 0. The van der Waals surface area contributed by atoms with E-state index in [4.69, 9.17) is 0 Å². The van der Waals surface area contributed by atoms with Gasteiger partial charge in [-0.3, -0.25) is 0 Å². The lowest BCUT2D eigenvalue weighted by Gasteiger charge is -2.07. The molecule has 0 N–H and O–H groups in total. The number of hydrogen-bond donors (Lipinski definition) is 0. The molecule has 1 aromatic heterocycles. The quantitative estimate of drug-likeness (QED) is 0.667. The molecule has 1 rings (SSSR count). The van der Waals surface area contributed by atoms with Gasteiger partial charge in [0.05, 0.1) is 0 Å². The average Bonchev–Trinajstić information content (AvgIpc) is 2.08. The van der Waals surface area contributed by atoms with Crippen molar-refractivity contribution in [1.29, 1.82) is 0 Å². The van der Waals surface area contributed by atoms with Crippen LogP contribution in [-0.4, -0.2) is 9.55 Å². The summed E-state index contributed by atoms with van der Waals surface area (Å²) < 4.78 is 36.2. The maximum Gasteiger partial charge on any atom is 0.489 e. The number of aromatic nitrogens is 2. The van der Waals surface area contributed by atoms with Crippen LogP contribution in [0, 0.1) is 6.92 Å². The third-order valence-corrected chi connectivity index (χ3v) is 1.51. The van der Waals surface area contributed by atoms with E-state index >= 15 is 0 Å². The van der Waals surface area contributed by atoms with Crippen LogP contribution >= 0.6 is 15.9 Å². The molecule has 0 aromatic carbocycles. The highest BCUT2D eigenvalue weighted by molar-refractivity contribution is 9.10. The number of rotatable bonds is 0. The van der Waals surface area contributed by atoms with E-state index in [9.17, 15) is 13.2 Å². The zero-order valence-electron chi connectivity index (χ0n) is 5.48. The molecule has 1 aromatic rings. The zero-order chi connectivity index (χ0) is 8.65. The second-order valence-electron chi connectivity index (χ2n) is 1.95. The van der Waals surface area contributed by atoms with E-state index in [0.29, 0.717) is 0 Å². The minimum Gasteiger partial charge on any atom is -0.244 e. The molecule has 0 radical (unpaired) electrons. The molecule has 0 spiro atoms. The molecular formula is C5H4BrF3N2. The maximum absolute atomic E-state index is 12.0. The van der Waals surface area contributed by atoms with E-state index in [2.05, 4.69) is 20.9 Å². The molecule has 0 saturated heterocycles. The third kappa shape index (κ3) is 1.74. The van der Waals surface area contributed by atoms with Crippen LogP contribution in [0.1, 0.15) is 5.82 Å². The van der Waals surface area contributed by atoms with Crippen LogP contribution in [-0.2, 0) is 6.30 Å². The van der Waals surface area contributed by atoms with Crippen LogP contribution < -0.4 is 0 Å². The van der Waals surface area contributed by atoms with Crippen LogP contribution in [0.25, 0.3) is 0 Å². The van der Waals surface area contributed by atoms with Gasteiger partial charge in [-0.2, -0.15) is 0 Å². The fraction of sp³-hybridized carbons (Fsp3) is 0.400. The van der Waals surface area contributed by atoms with E-state index < -0.39 is 6.30 Å². The van der Waals surface area contributed by atoms with Gasteiger partial charge in [-0.05, 0) is 22.9 Å². The standard InChI is InChI=1S/C5H4BrF3N2/c1-3-10-4(6)2-11(3)5(7,8)9/h2H,1H3. The first-order valence-corrected chi connectivity index (χ1v) is 3.49. The van der Waals surface area contributed by atoms with Gasteiger partial charge in [-0.25, -0.2) is 9.55 Å². The van der Waals surface area contributed by atoms with Crippen molar-refractivity contribution in [3.05, 3.63) is 16.6 Å². The molecule has 0 aliphatic carbocycles. The second-order valence-corrected chi connectivity index (χ2v) is 2.76. The Hall–Kier alpha value is -0.520. The lowest BCUT2D eigenvalue weighted by molar-refractivity contribution is -0.205. The summed E-state index contributed by atoms with van der Waals surface area (Å²) in [6.45, 7) is 1.29. The summed E-state index contributed by atoms with van der Waals surface area (Å²) in [6.07, 6.45) is -3.49. The molecule has 0 aliphatic heterocycles. The van der Waals surface area contributed by atoms with Gasteiger partial charge in [0.25, 0.3) is 0 Å². The van der Waals surface area contributed by atoms with E-state index in [1.807, 2.05) is 0 Å². The average molecular weight is 229 g/mol. The topological polar surface area (TPSA) is 17.8 Å². The Bertz CT molecular complexity index is 265. The van der Waals surface area contributed by atoms with Crippen LogP contribution in [0.5, 0.6) is 0 Å². The van der Waals surface area contributed by atoms with E-state index in [-0.39, 0.29) is 15.0 Å². The summed E-state index contributed by atoms with van der Waals surface area (Å²) in [7, 11) is 0. The Balaban J connectivity index is 3.13. The molecule has 0 saturated carbocycles. The summed E-state index contributed by atoms with van der Waals surface area (Å²) in [4.78, 5) is 3.54. The fourth-order valence-corrected chi connectivity index (χ4v) is 1.16. The predicted octanol–water partition coefficient (Wildman–Crippen LogP) is 2.43. The third-order valence-electron chi connectivity index (χ3n) is 1.13. The number of hydrogen-bond acceptors (Lipinski definition) is 1. The lowest BCUT2D eigenvalue weighted by Crippen LogP contribution is -2.16. The van der Waals surface area contributed by atoms with E-state index in [0.717, 1.165) is 6.20 Å². The molecule has 0 aliphatic rings. The largest absolute Gasteiger partial charge is 0.489 e. The maximum atomic E-state index is 12.0. The van der Waals surface area contributed by atoms with Crippen LogP contribution in [0.15, 0.2) is 10.8 Å². The number of imidazole rings is 1. The first-order valence-electron chi connectivity index (χ1n) is 2.70. The summed E-state index contributed by atoms with van der Waals surface area (Å²) in [5.41, 5.74) is 0. The highest BCUT2D eigenvalue weighted by Crippen LogP contribution is 2.25. The molecular weight excluding hydrogens is 225 g/mol. The molecule has 6 heteroatoms. The Morgan fingerprint density at radius 3 is 2.27 bits per heavy atom. The molecule has 1 heterocycles. The molecule has 11 heavy (non-hydrogen) atoms. The van der Waals surface area contributed by atoms with Gasteiger partial charge >= 0.3 is 6.30 Å². The van der Waals surface area contributed by atoms with Gasteiger partial charge in [0.2, 0.25) is 0 Å². The molecule has 0 bridgehead atoms. The smallest absolute Gasteiger partial charge is 0.244 e. The van der Waals surface area contributed by atoms with Crippen molar-refractivity contribution in [1.82, 2.24) is 9.55 Å². The Kier molecular flexibility index (Phi) is 1.96. The minimum absolute atomic E-state index is 0.0793. The first kappa shape index (κ1) is 8.58. The summed E-state index contributed by atoms with van der Waals surface area (Å²) in [5.74, 6) is -0.0793. The van der Waals surface area contributed by atoms with Crippen LogP contribution in [0.4, 0.5) is 13.2 Å². The number of nitrogens with zero attached hydrogens (tertiary/aromatic N) is 2. The van der Waals surface area contributed by atoms with Crippen molar-refractivity contribution in [2.45, 2.75) is 13.2 Å². The van der Waals surface area contributed by atoms with Crippen molar-refractivity contribution in [3.63, 3.8) is 0 Å². The van der Waals surface area contributed by atoms with Gasteiger partial charge in [-0.15, -0.1) is 13.2 Å². The van der Waals surface area contributed by atoms with Gasteiger partial charge in [0, 0.05) is 6.20 Å². The van der Waals surface area contributed by atoms with Crippen molar-refractivity contribution in [2.24, 2.45) is 0 Å². The van der Waals surface area contributed by atoms with Crippen molar-refractivity contribution < 1.29 is 13.2 Å². The van der Waals surface area contributed by atoms with Gasteiger partial charge in [0.1, 0.15) is 10.4 Å². The second kappa shape index (κ2) is 2.51. The Morgan fingerprint density at radius 2 is 2.09 bits per heavy atom. The van der Waals surface area contributed by atoms with Crippen molar-refractivity contribution in [2.75, 3.05) is 0 Å². The number of aryl methyl sites for hydroxylation is 1. The molecule has 62 valence electrons. The fourth-order valence-electron chi connectivity index (χ4n) is 0.694. The van der Waals surface area contributed by atoms with Crippen molar-refractivity contribution in [3.8, 4) is 0 Å². The molecule has 0 unspecified atom stereocenters. The molecule has 0 atom stereocenters. The highest BCUT2D eigenvalue weighted by atomic mass is 79.9. The monoisotopic (exact) mass is 228 g/mol. The lowest BCUT2D eigenvalue weighted by atomic mass is 10.7. The predicted molar refractivity (Wildman–Crippen MR) is 36.0 cm³/mol. The van der Waals surface area contributed by atoms with Gasteiger partial charge in [0.15, 0.2) is 0 Å². The highest BCUT2D eigenvalue weighted by Gasteiger charge is 2.32. The molecule has 2 nitrogen and oxygen atoms in total. The summed E-state index contributed by atoms with van der Waals surface area (Å²) in [6, 6.07) is 0.